The first kappa shape index (κ1) is 12.8. The number of aromatic nitrogens is 1. The van der Waals surface area contributed by atoms with Crippen LogP contribution in [-0.4, -0.2) is 14.4 Å². The number of hydrogen-bond donors (Lipinski definition) is 0. The van der Waals surface area contributed by atoms with Crippen molar-refractivity contribution in [3.63, 3.8) is 0 Å². The Morgan fingerprint density at radius 2 is 1.22 bits per heavy atom. The van der Waals surface area contributed by atoms with Crippen LogP contribution in [0.5, 0.6) is 0 Å². The topological polar surface area (TPSA) is 22.0 Å². The number of nitrogens with zero attached hydrogens (tertiary/aromatic N) is 1. The highest BCUT2D eigenvalue weighted by Crippen LogP contribution is 2.28. The van der Waals surface area contributed by atoms with Crippen molar-refractivity contribution in [2.45, 2.75) is 13.8 Å². The molecule has 18 heavy (non-hydrogen) atoms. The molecule has 0 N–H and O–H groups in total. The lowest BCUT2D eigenvalue weighted by Crippen LogP contribution is -2.00. The summed E-state index contributed by atoms with van der Waals surface area (Å²) in [6, 6.07) is 16.1. The first-order chi connectivity index (χ1) is 8.79. The Morgan fingerprint density at radius 1 is 0.833 bits per heavy atom. The third-order valence-electron chi connectivity index (χ3n) is 2.79. The fraction of sp³-hybridized carbons (Fsp3) is 0.200. The first-order valence-electron chi connectivity index (χ1n) is 6.11. The van der Waals surface area contributed by atoms with E-state index in [0.29, 0.717) is 0 Å². The molecular formula is C15H17NOS. The van der Waals surface area contributed by atoms with Gasteiger partial charge in [-0.2, -0.15) is 0 Å². The van der Waals surface area contributed by atoms with E-state index in [9.17, 15) is 4.21 Å². The van der Waals surface area contributed by atoms with Crippen LogP contribution in [0.15, 0.2) is 48.5 Å². The molecule has 0 radical (unpaired) electrons. The molecule has 0 saturated carbocycles. The fourth-order valence-electron chi connectivity index (χ4n) is 2.16. The van der Waals surface area contributed by atoms with Crippen molar-refractivity contribution < 1.29 is 4.21 Å². The fourth-order valence-corrected chi connectivity index (χ4v) is 3.04. The Kier molecular flexibility index (Phi) is 3.82. The number of rotatable bonds is 1. The van der Waals surface area contributed by atoms with E-state index in [1.54, 1.807) is 6.26 Å². The molecule has 3 rings (SSSR count). The molecule has 1 aromatic heterocycles. The summed E-state index contributed by atoms with van der Waals surface area (Å²) in [5.41, 5.74) is 2.06. The Balaban J connectivity index is 0.000000574. The van der Waals surface area contributed by atoms with Crippen LogP contribution in [0.1, 0.15) is 13.8 Å². The van der Waals surface area contributed by atoms with Gasteiger partial charge in [-0.3, -0.25) is 3.97 Å². The average molecular weight is 259 g/mol. The predicted octanol–water partition coefficient (Wildman–Crippen LogP) is 3.96. The third kappa shape index (κ3) is 1.95. The Hall–Kier alpha value is -1.61. The van der Waals surface area contributed by atoms with Crippen molar-refractivity contribution >= 4 is 32.8 Å². The number of hydrogen-bond acceptors (Lipinski definition) is 1. The van der Waals surface area contributed by atoms with Gasteiger partial charge in [0.25, 0.3) is 0 Å². The van der Waals surface area contributed by atoms with Crippen molar-refractivity contribution in [1.82, 2.24) is 3.97 Å². The van der Waals surface area contributed by atoms with E-state index in [0.717, 1.165) is 21.8 Å². The minimum absolute atomic E-state index is 1.03. The molecule has 1 atom stereocenters. The summed E-state index contributed by atoms with van der Waals surface area (Å²) in [5.74, 6) is 0. The van der Waals surface area contributed by atoms with E-state index in [1.165, 1.54) is 0 Å². The summed E-state index contributed by atoms with van der Waals surface area (Å²) in [6.07, 6.45) is 1.71. The maximum Gasteiger partial charge on any atom is 0.121 e. The van der Waals surface area contributed by atoms with Gasteiger partial charge in [0.2, 0.25) is 0 Å². The van der Waals surface area contributed by atoms with Crippen LogP contribution < -0.4 is 0 Å². The molecular weight excluding hydrogens is 242 g/mol. The van der Waals surface area contributed by atoms with Gasteiger partial charge < -0.3 is 0 Å². The lowest BCUT2D eigenvalue weighted by atomic mass is 10.2. The largest absolute Gasteiger partial charge is 0.259 e. The molecule has 0 fully saturated rings. The zero-order chi connectivity index (χ0) is 13.1. The van der Waals surface area contributed by atoms with Crippen LogP contribution in [0.4, 0.5) is 0 Å². The van der Waals surface area contributed by atoms with Crippen LogP contribution in [0.3, 0.4) is 0 Å². The monoisotopic (exact) mass is 259 g/mol. The van der Waals surface area contributed by atoms with Gasteiger partial charge in [-0.25, -0.2) is 4.21 Å². The lowest BCUT2D eigenvalue weighted by molar-refractivity contribution is 0.683. The van der Waals surface area contributed by atoms with Crippen molar-refractivity contribution in [1.29, 1.82) is 0 Å². The molecule has 3 heteroatoms. The number of benzene rings is 2. The van der Waals surface area contributed by atoms with E-state index >= 15 is 0 Å². The van der Waals surface area contributed by atoms with Crippen LogP contribution in [0, 0.1) is 0 Å². The summed E-state index contributed by atoms with van der Waals surface area (Å²) in [4.78, 5) is 0. The second-order valence-electron chi connectivity index (χ2n) is 3.75. The van der Waals surface area contributed by atoms with Gasteiger partial charge in [-0.1, -0.05) is 50.2 Å². The summed E-state index contributed by atoms with van der Waals surface area (Å²) in [5, 5.41) is 2.32. The highest BCUT2D eigenvalue weighted by Gasteiger charge is 2.10. The number of para-hydroxylation sites is 2. The second kappa shape index (κ2) is 5.36. The smallest absolute Gasteiger partial charge is 0.121 e. The predicted molar refractivity (Wildman–Crippen MR) is 80.3 cm³/mol. The standard InChI is InChI=1S/C13H11NOS.C2H6/c1-16(15)14-12-8-4-2-6-10(12)11-7-3-5-9-13(11)14;1-2/h2-9H,1H3;1-2H3. The number of fused-ring (bicyclic) bond motifs is 3. The van der Waals surface area contributed by atoms with Gasteiger partial charge in [0.15, 0.2) is 0 Å². The average Bonchev–Trinajstić information content (AvgIpc) is 2.75. The normalized spacial score (nSPS) is 12.2. The van der Waals surface area contributed by atoms with E-state index in [-0.39, 0.29) is 0 Å². The molecule has 2 nitrogen and oxygen atoms in total. The van der Waals surface area contributed by atoms with Gasteiger partial charge in [-0.05, 0) is 12.1 Å². The van der Waals surface area contributed by atoms with Gasteiger partial charge in [0.05, 0.1) is 11.0 Å². The molecule has 3 aromatic rings. The van der Waals surface area contributed by atoms with Crippen LogP contribution in [-0.2, 0) is 11.0 Å². The molecule has 94 valence electrons. The van der Waals surface area contributed by atoms with Crippen molar-refractivity contribution in [3.05, 3.63) is 48.5 Å². The molecule has 0 aliphatic rings. The van der Waals surface area contributed by atoms with E-state index in [1.807, 2.05) is 54.2 Å². The highest BCUT2D eigenvalue weighted by molar-refractivity contribution is 7.83. The summed E-state index contributed by atoms with van der Waals surface area (Å²) >= 11 is 0. The zero-order valence-corrected chi connectivity index (χ0v) is 11.7. The summed E-state index contributed by atoms with van der Waals surface area (Å²) < 4.78 is 13.7. The van der Waals surface area contributed by atoms with Gasteiger partial charge in [-0.15, -0.1) is 0 Å². The molecule has 1 heterocycles. The minimum Gasteiger partial charge on any atom is -0.259 e. The van der Waals surface area contributed by atoms with Crippen molar-refractivity contribution in [2.24, 2.45) is 0 Å². The SMILES string of the molecule is CC.CS(=O)n1c2ccccc2c2ccccc21. The molecule has 0 spiro atoms. The zero-order valence-electron chi connectivity index (χ0n) is 10.9. The molecule has 2 aromatic carbocycles. The van der Waals surface area contributed by atoms with E-state index in [2.05, 4.69) is 12.1 Å². The Morgan fingerprint density at radius 3 is 1.61 bits per heavy atom. The second-order valence-corrected chi connectivity index (χ2v) is 4.97. The molecule has 0 bridgehead atoms. The Bertz CT molecular complexity index is 647. The van der Waals surface area contributed by atoms with Crippen LogP contribution in [0.2, 0.25) is 0 Å². The quantitative estimate of drug-likeness (QED) is 0.648. The first-order valence-corrected chi connectivity index (χ1v) is 7.62. The van der Waals surface area contributed by atoms with Crippen LogP contribution >= 0.6 is 0 Å². The Labute approximate surface area is 110 Å². The van der Waals surface area contributed by atoms with Gasteiger partial charge in [0.1, 0.15) is 11.0 Å². The van der Waals surface area contributed by atoms with E-state index in [4.69, 9.17) is 0 Å². The minimum atomic E-state index is -1.03. The molecule has 0 amide bonds. The van der Waals surface area contributed by atoms with Gasteiger partial charge in [0, 0.05) is 17.0 Å². The third-order valence-corrected chi connectivity index (χ3v) is 3.70. The molecule has 0 aliphatic carbocycles. The van der Waals surface area contributed by atoms with Crippen molar-refractivity contribution in [3.8, 4) is 0 Å². The molecule has 0 aliphatic heterocycles. The summed E-state index contributed by atoms with van der Waals surface area (Å²) in [6.45, 7) is 4.00. The van der Waals surface area contributed by atoms with Gasteiger partial charge >= 0.3 is 0 Å². The maximum absolute atomic E-state index is 11.8. The van der Waals surface area contributed by atoms with Crippen LogP contribution in [0.25, 0.3) is 21.8 Å². The molecule has 1 unspecified atom stereocenters. The lowest BCUT2D eigenvalue weighted by Gasteiger charge is -2.01. The van der Waals surface area contributed by atoms with E-state index < -0.39 is 11.0 Å². The maximum atomic E-state index is 11.8. The van der Waals surface area contributed by atoms with Crippen molar-refractivity contribution in [2.75, 3.05) is 6.26 Å². The highest BCUT2D eigenvalue weighted by atomic mass is 32.2. The summed E-state index contributed by atoms with van der Waals surface area (Å²) in [7, 11) is -1.03. The molecule has 0 saturated heterocycles.